The number of unbranched alkanes of at least 4 members (excludes halogenated alkanes) is 1. The zero-order chi connectivity index (χ0) is 21.1. The summed E-state index contributed by atoms with van der Waals surface area (Å²) in [6.45, 7) is 3.47. The highest BCUT2D eigenvalue weighted by Crippen LogP contribution is 2.33. The molecule has 1 aromatic heterocycles. The van der Waals surface area contributed by atoms with Crippen molar-refractivity contribution < 1.29 is 19.1 Å². The first-order valence-corrected chi connectivity index (χ1v) is 10.7. The van der Waals surface area contributed by atoms with E-state index in [4.69, 9.17) is 9.47 Å². The highest BCUT2D eigenvalue weighted by atomic mass is 16.7. The average Bonchev–Trinajstić information content (AvgIpc) is 3.33. The fourth-order valence-electron chi connectivity index (χ4n) is 3.71. The molecule has 1 aliphatic heterocycles. The van der Waals surface area contributed by atoms with Gasteiger partial charge in [-0.15, -0.1) is 0 Å². The van der Waals surface area contributed by atoms with Crippen LogP contribution in [0, 0.1) is 0 Å². The Balaban J connectivity index is 1.49. The molecule has 7 heteroatoms. The Morgan fingerprint density at radius 3 is 2.67 bits per heavy atom. The summed E-state index contributed by atoms with van der Waals surface area (Å²) in [5.41, 5.74) is 1.61. The minimum atomic E-state index is -0.148. The van der Waals surface area contributed by atoms with Gasteiger partial charge in [0.1, 0.15) is 6.54 Å². The monoisotopic (exact) mass is 411 g/mol. The number of rotatable bonds is 9. The maximum Gasteiger partial charge on any atom is 0.254 e. The number of nitrogens with zero attached hydrogens (tertiary/aromatic N) is 3. The normalized spacial score (nSPS) is 14.6. The van der Waals surface area contributed by atoms with E-state index in [-0.39, 0.29) is 31.2 Å². The van der Waals surface area contributed by atoms with E-state index in [0.29, 0.717) is 30.2 Å². The number of fused-ring (bicyclic) bond motifs is 1. The van der Waals surface area contributed by atoms with Gasteiger partial charge in [-0.05, 0) is 49.6 Å². The third-order valence-corrected chi connectivity index (χ3v) is 5.71. The van der Waals surface area contributed by atoms with Gasteiger partial charge in [0.15, 0.2) is 11.5 Å². The predicted octanol–water partition coefficient (Wildman–Crippen LogP) is 3.19. The van der Waals surface area contributed by atoms with E-state index < -0.39 is 0 Å². The molecule has 160 valence electrons. The molecule has 1 aliphatic carbocycles. The van der Waals surface area contributed by atoms with Gasteiger partial charge in [-0.25, -0.2) is 0 Å². The standard InChI is InChI=1S/C23H29N3O4/c1-3-4-12-25(23(28)17-7-10-20-21(13-17)30-16-29-20)15-22(27)26(18-8-9-18)14-19-6-5-11-24(19)2/h5-7,10-11,13,18H,3-4,8-9,12,14-16H2,1-2H3. The molecule has 2 aromatic rings. The molecule has 2 heterocycles. The molecular weight excluding hydrogens is 382 g/mol. The van der Waals surface area contributed by atoms with Gasteiger partial charge < -0.3 is 23.8 Å². The number of hydrogen-bond acceptors (Lipinski definition) is 4. The Kier molecular flexibility index (Phi) is 5.97. The first-order valence-electron chi connectivity index (χ1n) is 10.7. The SMILES string of the molecule is CCCCN(CC(=O)N(Cc1cccn1C)C1CC1)C(=O)c1ccc2c(c1)OCO2. The molecule has 0 saturated heterocycles. The van der Waals surface area contributed by atoms with Crippen molar-refractivity contribution in [3.05, 3.63) is 47.8 Å². The average molecular weight is 412 g/mol. The van der Waals surface area contributed by atoms with Crippen molar-refractivity contribution >= 4 is 11.8 Å². The quantitative estimate of drug-likeness (QED) is 0.636. The Morgan fingerprint density at radius 1 is 1.17 bits per heavy atom. The molecule has 2 aliphatic rings. The van der Waals surface area contributed by atoms with Crippen molar-refractivity contribution in [2.75, 3.05) is 19.9 Å². The molecule has 7 nitrogen and oxygen atoms in total. The second-order valence-corrected chi connectivity index (χ2v) is 8.01. The molecule has 1 fully saturated rings. The summed E-state index contributed by atoms with van der Waals surface area (Å²) >= 11 is 0. The van der Waals surface area contributed by atoms with Crippen LogP contribution in [0.1, 0.15) is 48.7 Å². The van der Waals surface area contributed by atoms with Crippen molar-refractivity contribution in [3.8, 4) is 11.5 Å². The van der Waals surface area contributed by atoms with Gasteiger partial charge in [0, 0.05) is 37.1 Å². The van der Waals surface area contributed by atoms with Crippen molar-refractivity contribution in [1.29, 1.82) is 0 Å². The second-order valence-electron chi connectivity index (χ2n) is 8.01. The van der Waals surface area contributed by atoms with Gasteiger partial charge in [-0.3, -0.25) is 9.59 Å². The summed E-state index contributed by atoms with van der Waals surface area (Å²) in [7, 11) is 1.99. The Hall–Kier alpha value is -2.96. The summed E-state index contributed by atoms with van der Waals surface area (Å²) < 4.78 is 12.8. The van der Waals surface area contributed by atoms with Gasteiger partial charge in [0.25, 0.3) is 5.91 Å². The second kappa shape index (κ2) is 8.81. The zero-order valence-corrected chi connectivity index (χ0v) is 17.7. The minimum absolute atomic E-state index is 0.00361. The molecule has 0 atom stereocenters. The number of aryl methyl sites for hydroxylation is 1. The lowest BCUT2D eigenvalue weighted by Crippen LogP contribution is -2.44. The molecule has 0 unspecified atom stereocenters. The number of carbonyl (C=O) groups is 2. The number of benzene rings is 1. The van der Waals surface area contributed by atoms with Crippen molar-refractivity contribution in [2.45, 2.75) is 45.2 Å². The number of hydrogen-bond donors (Lipinski definition) is 0. The topological polar surface area (TPSA) is 64.0 Å². The number of ether oxygens (including phenoxy) is 2. The summed E-state index contributed by atoms with van der Waals surface area (Å²) in [5.74, 6) is 1.07. The number of amides is 2. The van der Waals surface area contributed by atoms with E-state index in [2.05, 4.69) is 6.92 Å². The third-order valence-electron chi connectivity index (χ3n) is 5.71. The van der Waals surface area contributed by atoms with Gasteiger partial charge in [0.2, 0.25) is 12.7 Å². The molecule has 0 spiro atoms. The van der Waals surface area contributed by atoms with Crippen LogP contribution in [-0.4, -0.2) is 52.1 Å². The molecule has 0 N–H and O–H groups in total. The van der Waals surface area contributed by atoms with Crippen LogP contribution in [0.4, 0.5) is 0 Å². The van der Waals surface area contributed by atoms with E-state index in [1.165, 1.54) is 0 Å². The molecule has 4 rings (SSSR count). The number of aromatic nitrogens is 1. The first kappa shape index (κ1) is 20.3. The lowest BCUT2D eigenvalue weighted by Gasteiger charge is -2.28. The van der Waals surface area contributed by atoms with Crippen LogP contribution in [0.2, 0.25) is 0 Å². The Labute approximate surface area is 177 Å². The summed E-state index contributed by atoms with van der Waals surface area (Å²) in [6, 6.07) is 9.50. The maximum atomic E-state index is 13.2. The molecule has 1 saturated carbocycles. The van der Waals surface area contributed by atoms with Crippen molar-refractivity contribution in [3.63, 3.8) is 0 Å². The molecule has 30 heavy (non-hydrogen) atoms. The predicted molar refractivity (Wildman–Crippen MR) is 112 cm³/mol. The number of carbonyl (C=O) groups excluding carboxylic acids is 2. The van der Waals surface area contributed by atoms with Gasteiger partial charge >= 0.3 is 0 Å². The lowest BCUT2D eigenvalue weighted by molar-refractivity contribution is -0.133. The molecule has 0 bridgehead atoms. The van der Waals surface area contributed by atoms with E-state index >= 15 is 0 Å². The Bertz CT molecular complexity index is 919. The van der Waals surface area contributed by atoms with Crippen LogP contribution in [-0.2, 0) is 18.4 Å². The van der Waals surface area contributed by atoms with Crippen molar-refractivity contribution in [2.24, 2.45) is 7.05 Å². The fraction of sp³-hybridized carbons (Fsp3) is 0.478. The lowest BCUT2D eigenvalue weighted by atomic mass is 10.1. The summed E-state index contributed by atoms with van der Waals surface area (Å²) in [4.78, 5) is 30.1. The largest absolute Gasteiger partial charge is 0.454 e. The first-order chi connectivity index (χ1) is 14.6. The van der Waals surface area contributed by atoms with E-state index in [0.717, 1.165) is 31.4 Å². The van der Waals surface area contributed by atoms with Gasteiger partial charge in [-0.1, -0.05) is 13.3 Å². The van der Waals surface area contributed by atoms with Crippen LogP contribution in [0.3, 0.4) is 0 Å². The highest BCUT2D eigenvalue weighted by molar-refractivity contribution is 5.97. The smallest absolute Gasteiger partial charge is 0.254 e. The Morgan fingerprint density at radius 2 is 1.97 bits per heavy atom. The van der Waals surface area contributed by atoms with Crippen molar-refractivity contribution in [1.82, 2.24) is 14.4 Å². The maximum absolute atomic E-state index is 13.2. The van der Waals surface area contributed by atoms with Crippen LogP contribution in [0.15, 0.2) is 36.5 Å². The summed E-state index contributed by atoms with van der Waals surface area (Å²) in [5, 5.41) is 0. The van der Waals surface area contributed by atoms with Crippen LogP contribution in [0.5, 0.6) is 11.5 Å². The molecule has 1 aromatic carbocycles. The third kappa shape index (κ3) is 4.45. The molecule has 2 amide bonds. The van der Waals surface area contributed by atoms with Gasteiger partial charge in [0.05, 0.1) is 6.54 Å². The zero-order valence-electron chi connectivity index (χ0n) is 17.7. The minimum Gasteiger partial charge on any atom is -0.454 e. The van der Waals surface area contributed by atoms with Crippen LogP contribution in [0.25, 0.3) is 0 Å². The van der Waals surface area contributed by atoms with E-state index in [1.807, 2.05) is 34.8 Å². The summed E-state index contributed by atoms with van der Waals surface area (Å²) in [6.07, 6.45) is 5.85. The fourth-order valence-corrected chi connectivity index (χ4v) is 3.71. The van der Waals surface area contributed by atoms with Gasteiger partial charge in [-0.2, -0.15) is 0 Å². The molecular formula is C23H29N3O4. The van der Waals surface area contributed by atoms with Crippen LogP contribution >= 0.6 is 0 Å². The van der Waals surface area contributed by atoms with Crippen LogP contribution < -0.4 is 9.47 Å². The molecule has 0 radical (unpaired) electrons. The van der Waals surface area contributed by atoms with E-state index in [9.17, 15) is 9.59 Å². The highest BCUT2D eigenvalue weighted by Gasteiger charge is 2.34. The van der Waals surface area contributed by atoms with E-state index in [1.54, 1.807) is 23.1 Å².